The largest absolute Gasteiger partial charge is 0.456 e. The number of hydrogen-bond donors (Lipinski definition) is 0. The molecule has 2 aromatic heterocycles. The summed E-state index contributed by atoms with van der Waals surface area (Å²) >= 11 is 0. The number of hydrogen-bond acceptors (Lipinski definition) is 3. The van der Waals surface area contributed by atoms with Crippen LogP contribution >= 0.6 is 0 Å². The zero-order valence-electron chi connectivity index (χ0n) is 25.5. The molecule has 0 radical (unpaired) electrons. The van der Waals surface area contributed by atoms with E-state index in [1.807, 2.05) is 42.5 Å². The van der Waals surface area contributed by atoms with E-state index in [9.17, 15) is 0 Å². The molecule has 0 saturated carbocycles. The lowest BCUT2D eigenvalue weighted by atomic mass is 9.93. The Morgan fingerprint density at radius 3 is 1.55 bits per heavy atom. The summed E-state index contributed by atoms with van der Waals surface area (Å²) in [6.07, 6.45) is 0. The molecule has 220 valence electrons. The van der Waals surface area contributed by atoms with Crippen LogP contribution < -0.4 is 0 Å². The Morgan fingerprint density at radius 2 is 0.894 bits per heavy atom. The van der Waals surface area contributed by atoms with Crippen molar-refractivity contribution in [1.82, 2.24) is 9.97 Å². The van der Waals surface area contributed by atoms with Gasteiger partial charge in [-0.15, -0.1) is 0 Å². The third-order valence-corrected chi connectivity index (χ3v) is 8.87. The minimum absolute atomic E-state index is 0.709. The van der Waals surface area contributed by atoms with Gasteiger partial charge in [-0.2, -0.15) is 0 Å². The van der Waals surface area contributed by atoms with Gasteiger partial charge >= 0.3 is 0 Å². The fourth-order valence-corrected chi connectivity index (χ4v) is 6.51. The van der Waals surface area contributed by atoms with E-state index in [0.29, 0.717) is 5.82 Å². The van der Waals surface area contributed by atoms with Crippen LogP contribution in [0.3, 0.4) is 0 Å². The Hall–Kier alpha value is -6.32. The van der Waals surface area contributed by atoms with Crippen molar-refractivity contribution < 1.29 is 4.42 Å². The summed E-state index contributed by atoms with van der Waals surface area (Å²) in [6.45, 7) is 0. The summed E-state index contributed by atoms with van der Waals surface area (Å²) in [5.41, 5.74) is 11.2. The van der Waals surface area contributed by atoms with Crippen molar-refractivity contribution in [1.29, 1.82) is 0 Å². The van der Waals surface area contributed by atoms with Crippen molar-refractivity contribution in [3.63, 3.8) is 0 Å². The summed E-state index contributed by atoms with van der Waals surface area (Å²) in [6, 6.07) is 59.1. The second-order valence-electron chi connectivity index (χ2n) is 11.8. The standard InChI is InChI=1S/C44H28N2O/c1-4-12-29(13-5-1)36-25-37(43-38-24-34-18-10-11-19-35(34)26-41(38)47-42(43)27-36)30-20-22-32(23-21-30)40-28-39(31-14-6-2-7-15-31)45-44(46-40)33-16-8-3-9-17-33/h1-28H. The molecule has 9 aromatic rings. The maximum Gasteiger partial charge on any atom is 0.160 e. The van der Waals surface area contributed by atoms with Crippen LogP contribution in [0.5, 0.6) is 0 Å². The highest BCUT2D eigenvalue weighted by Crippen LogP contribution is 2.41. The van der Waals surface area contributed by atoms with Crippen molar-refractivity contribution >= 4 is 32.7 Å². The van der Waals surface area contributed by atoms with Crippen LogP contribution in [0.25, 0.3) is 88.9 Å². The van der Waals surface area contributed by atoms with E-state index < -0.39 is 0 Å². The van der Waals surface area contributed by atoms with Crippen molar-refractivity contribution in [3.8, 4) is 56.2 Å². The zero-order chi connectivity index (χ0) is 31.2. The summed E-state index contributed by atoms with van der Waals surface area (Å²) in [4.78, 5) is 10.0. The fraction of sp³-hybridized carbons (Fsp3) is 0. The van der Waals surface area contributed by atoms with Gasteiger partial charge in [0.25, 0.3) is 0 Å². The van der Waals surface area contributed by atoms with Gasteiger partial charge in [-0.25, -0.2) is 9.97 Å². The van der Waals surface area contributed by atoms with Crippen molar-refractivity contribution in [3.05, 3.63) is 170 Å². The number of nitrogens with zero attached hydrogens (tertiary/aromatic N) is 2. The first kappa shape index (κ1) is 27.0. The number of rotatable bonds is 5. The van der Waals surface area contributed by atoms with Gasteiger partial charge < -0.3 is 4.42 Å². The Bertz CT molecular complexity index is 2480. The average molecular weight is 601 g/mol. The number of fused-ring (bicyclic) bond motifs is 4. The Kier molecular flexibility index (Phi) is 6.46. The van der Waals surface area contributed by atoms with Gasteiger partial charge in [0.15, 0.2) is 5.82 Å². The smallest absolute Gasteiger partial charge is 0.160 e. The molecular weight excluding hydrogens is 572 g/mol. The molecule has 0 amide bonds. The van der Waals surface area contributed by atoms with Gasteiger partial charge in [0.05, 0.1) is 11.4 Å². The molecule has 9 rings (SSSR count). The zero-order valence-corrected chi connectivity index (χ0v) is 25.5. The third-order valence-electron chi connectivity index (χ3n) is 8.87. The van der Waals surface area contributed by atoms with Gasteiger partial charge in [0.2, 0.25) is 0 Å². The van der Waals surface area contributed by atoms with Crippen LogP contribution in [0.2, 0.25) is 0 Å². The molecule has 0 spiro atoms. The van der Waals surface area contributed by atoms with Crippen LogP contribution in [-0.4, -0.2) is 9.97 Å². The average Bonchev–Trinajstić information content (AvgIpc) is 3.51. The molecule has 7 aromatic carbocycles. The summed E-state index contributed by atoms with van der Waals surface area (Å²) in [7, 11) is 0. The number of furan rings is 1. The summed E-state index contributed by atoms with van der Waals surface area (Å²) < 4.78 is 6.57. The van der Waals surface area contributed by atoms with Gasteiger partial charge in [0, 0.05) is 27.5 Å². The predicted molar refractivity (Wildman–Crippen MR) is 194 cm³/mol. The molecule has 0 bridgehead atoms. The van der Waals surface area contributed by atoms with Crippen molar-refractivity contribution in [2.75, 3.05) is 0 Å². The topological polar surface area (TPSA) is 38.9 Å². The second-order valence-corrected chi connectivity index (χ2v) is 11.8. The highest BCUT2D eigenvalue weighted by molar-refractivity contribution is 6.16. The summed E-state index contributed by atoms with van der Waals surface area (Å²) in [5.74, 6) is 0.709. The van der Waals surface area contributed by atoms with Crippen LogP contribution in [0.4, 0.5) is 0 Å². The van der Waals surface area contributed by atoms with E-state index in [0.717, 1.165) is 72.3 Å². The molecule has 3 heteroatoms. The van der Waals surface area contributed by atoms with Crippen molar-refractivity contribution in [2.45, 2.75) is 0 Å². The second kappa shape index (κ2) is 11.2. The van der Waals surface area contributed by atoms with Crippen LogP contribution in [0, 0.1) is 0 Å². The Balaban J connectivity index is 1.21. The van der Waals surface area contributed by atoms with E-state index in [4.69, 9.17) is 14.4 Å². The van der Waals surface area contributed by atoms with Crippen LogP contribution in [-0.2, 0) is 0 Å². The first-order valence-corrected chi connectivity index (χ1v) is 15.8. The van der Waals surface area contributed by atoms with E-state index in [1.54, 1.807) is 0 Å². The van der Waals surface area contributed by atoms with E-state index in [1.165, 1.54) is 10.8 Å². The van der Waals surface area contributed by atoms with Gasteiger partial charge in [-0.3, -0.25) is 0 Å². The molecule has 3 nitrogen and oxygen atoms in total. The lowest BCUT2D eigenvalue weighted by Gasteiger charge is -2.11. The molecule has 0 aliphatic carbocycles. The lowest BCUT2D eigenvalue weighted by molar-refractivity contribution is 0.669. The highest BCUT2D eigenvalue weighted by atomic mass is 16.3. The molecule has 0 saturated heterocycles. The Morgan fingerprint density at radius 1 is 0.362 bits per heavy atom. The molecule has 2 heterocycles. The van der Waals surface area contributed by atoms with Gasteiger partial charge in [-0.05, 0) is 63.4 Å². The lowest BCUT2D eigenvalue weighted by Crippen LogP contribution is -1.95. The van der Waals surface area contributed by atoms with E-state index in [2.05, 4.69) is 127 Å². The number of aromatic nitrogens is 2. The maximum atomic E-state index is 6.57. The Labute approximate surface area is 272 Å². The molecule has 0 fully saturated rings. The molecule has 0 aliphatic heterocycles. The minimum atomic E-state index is 0.709. The molecule has 0 aliphatic rings. The quantitative estimate of drug-likeness (QED) is 0.197. The maximum absolute atomic E-state index is 6.57. The normalized spacial score (nSPS) is 11.4. The third kappa shape index (κ3) is 4.95. The first-order chi connectivity index (χ1) is 23.3. The molecule has 0 unspecified atom stereocenters. The molecule has 0 atom stereocenters. The molecular formula is C44H28N2O. The van der Waals surface area contributed by atoms with E-state index in [-0.39, 0.29) is 0 Å². The monoisotopic (exact) mass is 600 g/mol. The van der Waals surface area contributed by atoms with Crippen LogP contribution in [0.1, 0.15) is 0 Å². The van der Waals surface area contributed by atoms with Crippen molar-refractivity contribution in [2.24, 2.45) is 0 Å². The predicted octanol–water partition coefficient (Wildman–Crippen LogP) is 11.9. The van der Waals surface area contributed by atoms with Crippen LogP contribution in [0.15, 0.2) is 174 Å². The van der Waals surface area contributed by atoms with Gasteiger partial charge in [-0.1, -0.05) is 140 Å². The molecule has 47 heavy (non-hydrogen) atoms. The first-order valence-electron chi connectivity index (χ1n) is 15.8. The van der Waals surface area contributed by atoms with E-state index >= 15 is 0 Å². The number of benzene rings is 7. The minimum Gasteiger partial charge on any atom is -0.456 e. The highest BCUT2D eigenvalue weighted by Gasteiger charge is 2.17. The fourth-order valence-electron chi connectivity index (χ4n) is 6.51. The van der Waals surface area contributed by atoms with Gasteiger partial charge in [0.1, 0.15) is 11.2 Å². The summed E-state index contributed by atoms with van der Waals surface area (Å²) in [5, 5.41) is 4.61. The molecule has 0 N–H and O–H groups in total. The SMILES string of the molecule is c1ccc(-c2cc(-c3ccc(-c4cc(-c5ccccc5)nc(-c5ccccc5)n4)cc3)c3c(c2)oc2cc4ccccc4cc23)cc1.